The number of para-hydroxylation sites is 1. The Morgan fingerprint density at radius 3 is 3.00 bits per heavy atom. The first-order chi connectivity index (χ1) is 11.6. The zero-order valence-corrected chi connectivity index (χ0v) is 13.2. The van der Waals surface area contributed by atoms with E-state index in [1.165, 1.54) is 10.9 Å². The van der Waals surface area contributed by atoms with E-state index in [4.69, 9.17) is 0 Å². The monoisotopic (exact) mass is 324 g/mol. The standard InChI is InChI=1S/C16H16N6O2/c1-20-15-12(9-17-20)16(24)22(19-18-15)10-14(23)21-8-4-6-11-5-2-3-7-13(11)21/h2-3,5,7,9H,4,6,8,10H2,1H3. The average Bonchev–Trinajstić information content (AvgIpc) is 2.98. The summed E-state index contributed by atoms with van der Waals surface area (Å²) in [6.07, 6.45) is 3.32. The van der Waals surface area contributed by atoms with Crippen molar-refractivity contribution in [2.45, 2.75) is 19.4 Å². The summed E-state index contributed by atoms with van der Waals surface area (Å²) in [5.74, 6) is -0.165. The highest BCUT2D eigenvalue weighted by Gasteiger charge is 2.23. The second kappa shape index (κ2) is 5.55. The summed E-state index contributed by atoms with van der Waals surface area (Å²) in [5, 5.41) is 12.2. The number of nitrogens with zero attached hydrogens (tertiary/aromatic N) is 6. The lowest BCUT2D eigenvalue weighted by atomic mass is 10.0. The van der Waals surface area contributed by atoms with Gasteiger partial charge < -0.3 is 4.90 Å². The van der Waals surface area contributed by atoms with Crippen LogP contribution in [0.4, 0.5) is 5.69 Å². The molecule has 1 aliphatic heterocycles. The van der Waals surface area contributed by atoms with Crippen molar-refractivity contribution in [2.24, 2.45) is 7.05 Å². The van der Waals surface area contributed by atoms with Crippen LogP contribution in [0.15, 0.2) is 35.3 Å². The predicted molar refractivity (Wildman–Crippen MR) is 87.7 cm³/mol. The van der Waals surface area contributed by atoms with Gasteiger partial charge >= 0.3 is 0 Å². The fraction of sp³-hybridized carbons (Fsp3) is 0.312. The van der Waals surface area contributed by atoms with Crippen molar-refractivity contribution in [3.63, 3.8) is 0 Å². The fourth-order valence-corrected chi connectivity index (χ4v) is 3.09. The van der Waals surface area contributed by atoms with E-state index in [9.17, 15) is 9.59 Å². The Balaban J connectivity index is 1.66. The maximum absolute atomic E-state index is 12.7. The number of anilines is 1. The highest BCUT2D eigenvalue weighted by atomic mass is 16.2. The van der Waals surface area contributed by atoms with Gasteiger partial charge in [0.2, 0.25) is 5.91 Å². The Morgan fingerprint density at radius 1 is 1.29 bits per heavy atom. The highest BCUT2D eigenvalue weighted by Crippen LogP contribution is 2.26. The van der Waals surface area contributed by atoms with Gasteiger partial charge in [-0.15, -0.1) is 5.10 Å². The van der Waals surface area contributed by atoms with Gasteiger partial charge in [0, 0.05) is 19.3 Å². The van der Waals surface area contributed by atoms with Gasteiger partial charge in [0.05, 0.1) is 6.20 Å². The Bertz CT molecular complexity index is 990. The molecule has 0 bridgehead atoms. The largest absolute Gasteiger partial charge is 0.311 e. The molecule has 8 nitrogen and oxygen atoms in total. The summed E-state index contributed by atoms with van der Waals surface area (Å²) in [6.45, 7) is 0.512. The molecule has 1 amide bonds. The third-order valence-electron chi connectivity index (χ3n) is 4.32. The van der Waals surface area contributed by atoms with Crippen molar-refractivity contribution in [1.29, 1.82) is 0 Å². The first-order valence-corrected chi connectivity index (χ1v) is 7.79. The van der Waals surface area contributed by atoms with Gasteiger partial charge in [0.1, 0.15) is 11.9 Å². The molecule has 3 heterocycles. The van der Waals surface area contributed by atoms with Crippen LogP contribution in [0.5, 0.6) is 0 Å². The lowest BCUT2D eigenvalue weighted by Gasteiger charge is -2.29. The summed E-state index contributed by atoms with van der Waals surface area (Å²) < 4.78 is 2.58. The zero-order valence-electron chi connectivity index (χ0n) is 13.2. The summed E-state index contributed by atoms with van der Waals surface area (Å²) in [7, 11) is 1.69. The molecule has 0 saturated heterocycles. The zero-order chi connectivity index (χ0) is 16.7. The molecule has 1 aliphatic rings. The number of aromatic nitrogens is 5. The predicted octanol–water partition coefficient (Wildman–Crippen LogP) is 0.504. The van der Waals surface area contributed by atoms with Gasteiger partial charge in [-0.1, -0.05) is 23.4 Å². The van der Waals surface area contributed by atoms with Gasteiger partial charge in [0.15, 0.2) is 5.65 Å². The van der Waals surface area contributed by atoms with E-state index < -0.39 is 0 Å². The second-order valence-corrected chi connectivity index (χ2v) is 5.84. The smallest absolute Gasteiger partial charge is 0.281 e. The molecule has 0 aliphatic carbocycles. The van der Waals surface area contributed by atoms with Gasteiger partial charge in [-0.3, -0.25) is 9.59 Å². The molecule has 8 heteroatoms. The van der Waals surface area contributed by atoms with E-state index in [1.54, 1.807) is 11.9 Å². The Labute approximate surface area is 137 Å². The Morgan fingerprint density at radius 2 is 2.12 bits per heavy atom. The third-order valence-corrected chi connectivity index (χ3v) is 4.32. The van der Waals surface area contributed by atoms with Gasteiger partial charge in [0.25, 0.3) is 5.56 Å². The molecule has 0 N–H and O–H groups in total. The molecule has 1 aromatic carbocycles. The van der Waals surface area contributed by atoms with Crippen LogP contribution >= 0.6 is 0 Å². The fourth-order valence-electron chi connectivity index (χ4n) is 3.09. The SMILES string of the molecule is Cn1ncc2c(=O)n(CC(=O)N3CCCc4ccccc43)nnc21. The molecule has 0 unspecified atom stereocenters. The summed E-state index contributed by atoms with van der Waals surface area (Å²) in [6, 6.07) is 7.85. The van der Waals surface area contributed by atoms with Crippen LogP contribution in [0.1, 0.15) is 12.0 Å². The number of fused-ring (bicyclic) bond motifs is 2. The maximum atomic E-state index is 12.7. The number of hydrogen-bond donors (Lipinski definition) is 0. The quantitative estimate of drug-likeness (QED) is 0.685. The topological polar surface area (TPSA) is 85.9 Å². The molecule has 4 rings (SSSR count). The summed E-state index contributed by atoms with van der Waals surface area (Å²) in [5.41, 5.74) is 2.12. The lowest BCUT2D eigenvalue weighted by Crippen LogP contribution is -2.40. The van der Waals surface area contributed by atoms with Crippen LogP contribution in [0.25, 0.3) is 11.0 Å². The van der Waals surface area contributed by atoms with Crippen LogP contribution in [0.3, 0.4) is 0 Å². The number of hydrogen-bond acceptors (Lipinski definition) is 5. The van der Waals surface area contributed by atoms with Crippen molar-refractivity contribution >= 4 is 22.6 Å². The van der Waals surface area contributed by atoms with Crippen molar-refractivity contribution in [3.05, 3.63) is 46.4 Å². The second-order valence-electron chi connectivity index (χ2n) is 5.84. The Kier molecular flexibility index (Phi) is 3.37. The van der Waals surface area contributed by atoms with E-state index in [1.807, 2.05) is 24.3 Å². The maximum Gasteiger partial charge on any atom is 0.281 e. The molecule has 0 atom stereocenters. The number of rotatable bonds is 2. The molecule has 3 aromatic rings. The number of benzene rings is 1. The van der Waals surface area contributed by atoms with Crippen LogP contribution < -0.4 is 10.5 Å². The van der Waals surface area contributed by atoms with E-state index in [0.717, 1.165) is 28.8 Å². The molecule has 0 spiro atoms. The van der Waals surface area contributed by atoms with Gasteiger partial charge in [-0.05, 0) is 24.5 Å². The van der Waals surface area contributed by atoms with E-state index in [-0.39, 0.29) is 18.0 Å². The molecule has 2 aromatic heterocycles. The Hall–Kier alpha value is -3.03. The van der Waals surface area contributed by atoms with Crippen LogP contribution in [-0.2, 0) is 24.8 Å². The highest BCUT2D eigenvalue weighted by molar-refractivity contribution is 5.94. The van der Waals surface area contributed by atoms with Crippen LogP contribution in [0, 0.1) is 0 Å². The minimum absolute atomic E-state index is 0.134. The molecule has 0 fully saturated rings. The van der Waals surface area contributed by atoms with Crippen molar-refractivity contribution in [1.82, 2.24) is 24.8 Å². The number of aryl methyl sites for hydroxylation is 2. The first-order valence-electron chi connectivity index (χ1n) is 7.79. The summed E-state index contributed by atoms with van der Waals surface area (Å²) in [4.78, 5) is 26.9. The lowest BCUT2D eigenvalue weighted by molar-refractivity contribution is -0.119. The average molecular weight is 324 g/mol. The minimum Gasteiger partial charge on any atom is -0.311 e. The normalized spacial score (nSPS) is 14.0. The van der Waals surface area contributed by atoms with Crippen LogP contribution in [-0.4, -0.2) is 37.2 Å². The van der Waals surface area contributed by atoms with Gasteiger partial charge in [-0.2, -0.15) is 5.10 Å². The number of carbonyl (C=O) groups excluding carboxylic acids is 1. The van der Waals surface area contributed by atoms with Crippen molar-refractivity contribution < 1.29 is 4.79 Å². The first kappa shape index (κ1) is 14.6. The number of carbonyl (C=O) groups is 1. The molecular formula is C16H16N6O2. The molecule has 24 heavy (non-hydrogen) atoms. The summed E-state index contributed by atoms with van der Waals surface area (Å²) >= 11 is 0. The van der Waals surface area contributed by atoms with E-state index in [0.29, 0.717) is 17.6 Å². The molecule has 0 saturated carbocycles. The van der Waals surface area contributed by atoms with E-state index in [2.05, 4.69) is 15.4 Å². The minimum atomic E-state index is -0.355. The van der Waals surface area contributed by atoms with E-state index >= 15 is 0 Å². The van der Waals surface area contributed by atoms with Crippen LogP contribution in [0.2, 0.25) is 0 Å². The molecule has 0 radical (unpaired) electrons. The van der Waals surface area contributed by atoms with Crippen molar-refractivity contribution in [3.8, 4) is 0 Å². The van der Waals surface area contributed by atoms with Gasteiger partial charge in [-0.25, -0.2) is 9.36 Å². The molecular weight excluding hydrogens is 308 g/mol. The third kappa shape index (κ3) is 2.27. The molecule has 122 valence electrons. The van der Waals surface area contributed by atoms with Crippen molar-refractivity contribution in [2.75, 3.05) is 11.4 Å². The number of amides is 1.